The Bertz CT molecular complexity index is 652. The third-order valence-electron chi connectivity index (χ3n) is 3.34. The molecular weight excluding hydrogens is 240 g/mol. The molecule has 2 aromatic carbocycles. The number of rotatable bonds is 1. The summed E-state index contributed by atoms with van der Waals surface area (Å²) in [6, 6.07) is 12.0. The van der Waals surface area contributed by atoms with Gasteiger partial charge in [-0.3, -0.25) is 4.79 Å². The zero-order valence-electron chi connectivity index (χ0n) is 10.3. The van der Waals surface area contributed by atoms with E-state index in [1.807, 2.05) is 12.1 Å². The van der Waals surface area contributed by atoms with E-state index in [1.165, 1.54) is 6.07 Å². The molecule has 0 bridgehead atoms. The van der Waals surface area contributed by atoms with Gasteiger partial charge in [0.25, 0.3) is 5.91 Å². The van der Waals surface area contributed by atoms with Crippen molar-refractivity contribution < 1.29 is 9.90 Å². The Kier molecular flexibility index (Phi) is 2.63. The van der Waals surface area contributed by atoms with Crippen LogP contribution >= 0.6 is 0 Å². The Hall–Kier alpha value is -2.49. The number of nitrogens with zero attached hydrogens (tertiary/aromatic N) is 1. The highest BCUT2D eigenvalue weighted by Gasteiger charge is 2.25. The Morgan fingerprint density at radius 1 is 1.21 bits per heavy atom. The van der Waals surface area contributed by atoms with Crippen molar-refractivity contribution in [3.8, 4) is 5.75 Å². The van der Waals surface area contributed by atoms with Crippen molar-refractivity contribution in [1.82, 2.24) is 0 Å². The number of amides is 1. The molecule has 3 N–H and O–H groups in total. The maximum absolute atomic E-state index is 12.4. The van der Waals surface area contributed by atoms with Gasteiger partial charge >= 0.3 is 0 Å². The third kappa shape index (κ3) is 2.01. The minimum absolute atomic E-state index is 0.0978. The number of fused-ring (bicyclic) bond motifs is 1. The lowest BCUT2D eigenvalue weighted by Crippen LogP contribution is -2.28. The van der Waals surface area contributed by atoms with Gasteiger partial charge < -0.3 is 15.7 Å². The lowest BCUT2D eigenvalue weighted by molar-refractivity contribution is 0.0989. The summed E-state index contributed by atoms with van der Waals surface area (Å²) in [6.45, 7) is 0.646. The summed E-state index contributed by atoms with van der Waals surface area (Å²) in [5, 5.41) is 9.45. The maximum Gasteiger partial charge on any atom is 0.258 e. The number of hydrogen-bond donors (Lipinski definition) is 2. The van der Waals surface area contributed by atoms with Crippen molar-refractivity contribution in [2.75, 3.05) is 17.2 Å². The second kappa shape index (κ2) is 4.31. The number of nitrogens with two attached hydrogens (primary N) is 1. The van der Waals surface area contributed by atoms with E-state index in [2.05, 4.69) is 0 Å². The lowest BCUT2D eigenvalue weighted by atomic mass is 10.1. The topological polar surface area (TPSA) is 66.6 Å². The molecule has 1 amide bonds. The number of hydrogen-bond acceptors (Lipinski definition) is 3. The molecule has 1 aliphatic rings. The van der Waals surface area contributed by atoms with Gasteiger partial charge in [0.1, 0.15) is 5.75 Å². The standard InChI is InChI=1S/C15H14N2O2/c16-12-4-5-14-10(8-12)6-7-17(14)15(19)11-2-1-3-13(18)9-11/h1-5,8-9,18H,6-7,16H2. The molecule has 19 heavy (non-hydrogen) atoms. The van der Waals surface area contributed by atoms with Crippen molar-refractivity contribution in [2.24, 2.45) is 0 Å². The van der Waals surface area contributed by atoms with E-state index in [1.54, 1.807) is 29.2 Å². The highest BCUT2D eigenvalue weighted by molar-refractivity contribution is 6.07. The average molecular weight is 254 g/mol. The number of nitrogen functional groups attached to an aromatic ring is 1. The third-order valence-corrected chi connectivity index (χ3v) is 3.34. The van der Waals surface area contributed by atoms with E-state index in [4.69, 9.17) is 5.73 Å². The first-order chi connectivity index (χ1) is 9.15. The highest BCUT2D eigenvalue weighted by atomic mass is 16.3. The van der Waals surface area contributed by atoms with E-state index >= 15 is 0 Å². The molecule has 0 aliphatic carbocycles. The summed E-state index contributed by atoms with van der Waals surface area (Å²) in [5.41, 5.74) is 8.95. The van der Waals surface area contributed by atoms with Gasteiger partial charge in [-0.05, 0) is 48.4 Å². The first kappa shape index (κ1) is 11.6. The van der Waals surface area contributed by atoms with Crippen LogP contribution in [0.3, 0.4) is 0 Å². The Balaban J connectivity index is 1.95. The van der Waals surface area contributed by atoms with Crippen molar-refractivity contribution in [1.29, 1.82) is 0 Å². The second-order valence-electron chi connectivity index (χ2n) is 4.65. The summed E-state index contributed by atoms with van der Waals surface area (Å²) < 4.78 is 0. The van der Waals surface area contributed by atoms with Crippen LogP contribution in [0.1, 0.15) is 15.9 Å². The largest absolute Gasteiger partial charge is 0.508 e. The molecule has 0 fully saturated rings. The van der Waals surface area contributed by atoms with Gasteiger partial charge in [-0.2, -0.15) is 0 Å². The smallest absolute Gasteiger partial charge is 0.258 e. The maximum atomic E-state index is 12.4. The number of benzene rings is 2. The lowest BCUT2D eigenvalue weighted by Gasteiger charge is -2.17. The molecule has 4 nitrogen and oxygen atoms in total. The molecule has 0 aromatic heterocycles. The zero-order chi connectivity index (χ0) is 13.4. The Morgan fingerprint density at radius 3 is 2.84 bits per heavy atom. The van der Waals surface area contributed by atoms with Crippen molar-refractivity contribution in [2.45, 2.75) is 6.42 Å². The summed E-state index contributed by atoms with van der Waals surface area (Å²) in [6.07, 6.45) is 0.810. The SMILES string of the molecule is Nc1ccc2c(c1)CCN2C(=O)c1cccc(O)c1. The van der Waals surface area contributed by atoms with Gasteiger partial charge in [0.05, 0.1) is 0 Å². The summed E-state index contributed by atoms with van der Waals surface area (Å²) in [5.74, 6) is 0.00185. The van der Waals surface area contributed by atoms with Crippen LogP contribution in [0.15, 0.2) is 42.5 Å². The number of carbonyl (C=O) groups excluding carboxylic acids is 1. The molecule has 4 heteroatoms. The molecule has 96 valence electrons. The van der Waals surface area contributed by atoms with E-state index in [0.717, 1.165) is 17.7 Å². The van der Waals surface area contributed by atoms with Crippen LogP contribution in [0.25, 0.3) is 0 Å². The molecule has 0 saturated heterocycles. The minimum Gasteiger partial charge on any atom is -0.508 e. The van der Waals surface area contributed by atoms with E-state index in [9.17, 15) is 9.90 Å². The van der Waals surface area contributed by atoms with Gasteiger partial charge in [-0.25, -0.2) is 0 Å². The predicted molar refractivity (Wildman–Crippen MR) is 74.3 cm³/mol. The normalized spacial score (nSPS) is 13.4. The van der Waals surface area contributed by atoms with Gasteiger partial charge in [-0.1, -0.05) is 6.07 Å². The molecule has 0 saturated carbocycles. The number of phenols is 1. The zero-order valence-corrected chi connectivity index (χ0v) is 10.3. The Morgan fingerprint density at radius 2 is 2.05 bits per heavy atom. The second-order valence-corrected chi connectivity index (χ2v) is 4.65. The van der Waals surface area contributed by atoms with Gasteiger partial charge in [0, 0.05) is 23.5 Å². The molecule has 0 radical (unpaired) electrons. The van der Waals surface area contributed by atoms with Crippen molar-refractivity contribution in [3.05, 3.63) is 53.6 Å². The first-order valence-electron chi connectivity index (χ1n) is 6.14. The Labute approximate surface area is 111 Å². The molecule has 0 atom stereocenters. The van der Waals surface area contributed by atoms with Gasteiger partial charge in [0.15, 0.2) is 0 Å². The van der Waals surface area contributed by atoms with Crippen LogP contribution in [0.5, 0.6) is 5.75 Å². The minimum atomic E-state index is -0.0978. The fourth-order valence-electron chi connectivity index (χ4n) is 2.43. The predicted octanol–water partition coefficient (Wildman–Crippen LogP) is 2.18. The van der Waals surface area contributed by atoms with E-state index < -0.39 is 0 Å². The van der Waals surface area contributed by atoms with Gasteiger partial charge in [0.2, 0.25) is 0 Å². The molecule has 3 rings (SSSR count). The number of aromatic hydroxyl groups is 1. The van der Waals surface area contributed by atoms with Crippen molar-refractivity contribution >= 4 is 17.3 Å². The molecule has 2 aromatic rings. The van der Waals surface area contributed by atoms with Crippen LogP contribution in [0, 0.1) is 0 Å². The monoisotopic (exact) mass is 254 g/mol. The van der Waals surface area contributed by atoms with Crippen LogP contribution < -0.4 is 10.6 Å². The molecular formula is C15H14N2O2. The average Bonchev–Trinajstić information content (AvgIpc) is 2.80. The van der Waals surface area contributed by atoms with E-state index in [0.29, 0.717) is 17.8 Å². The quantitative estimate of drug-likeness (QED) is 0.766. The summed E-state index contributed by atoms with van der Waals surface area (Å²) in [7, 11) is 0. The van der Waals surface area contributed by atoms with Crippen LogP contribution in [-0.2, 0) is 6.42 Å². The number of anilines is 2. The summed E-state index contributed by atoms with van der Waals surface area (Å²) in [4.78, 5) is 14.2. The molecule has 1 aliphatic heterocycles. The highest BCUT2D eigenvalue weighted by Crippen LogP contribution is 2.31. The van der Waals surface area contributed by atoms with Crippen LogP contribution in [0.2, 0.25) is 0 Å². The fourth-order valence-corrected chi connectivity index (χ4v) is 2.43. The molecule has 0 unspecified atom stereocenters. The summed E-state index contributed by atoms with van der Waals surface area (Å²) >= 11 is 0. The number of phenolic OH excluding ortho intramolecular Hbond substituents is 1. The molecule has 1 heterocycles. The van der Waals surface area contributed by atoms with Crippen molar-refractivity contribution in [3.63, 3.8) is 0 Å². The van der Waals surface area contributed by atoms with E-state index in [-0.39, 0.29) is 11.7 Å². The van der Waals surface area contributed by atoms with Crippen LogP contribution in [-0.4, -0.2) is 17.6 Å². The van der Waals surface area contributed by atoms with Gasteiger partial charge in [-0.15, -0.1) is 0 Å². The van der Waals surface area contributed by atoms with Crippen LogP contribution in [0.4, 0.5) is 11.4 Å². The molecule has 0 spiro atoms. The fraction of sp³-hybridized carbons (Fsp3) is 0.133. The first-order valence-corrected chi connectivity index (χ1v) is 6.14. The number of carbonyl (C=O) groups is 1.